The van der Waals surface area contributed by atoms with Crippen molar-refractivity contribution in [2.24, 2.45) is 5.73 Å². The van der Waals surface area contributed by atoms with E-state index in [0.717, 1.165) is 18.4 Å². The number of carbonyl (C=O) groups excluding carboxylic acids is 2. The smallest absolute Gasteiger partial charge is 0.256 e. The molecule has 8 nitrogen and oxygen atoms in total. The Bertz CT molecular complexity index is 1620. The van der Waals surface area contributed by atoms with Crippen molar-refractivity contribution >= 4 is 62.2 Å². The van der Waals surface area contributed by atoms with Gasteiger partial charge in [0.05, 0.1) is 21.8 Å². The second-order valence-electron chi connectivity index (χ2n) is 9.97. The number of hydrogen-bond donors (Lipinski definition) is 3. The van der Waals surface area contributed by atoms with Crippen LogP contribution >= 0.6 is 23.2 Å². The molecule has 11 heteroatoms. The zero-order valence-electron chi connectivity index (χ0n) is 21.5. The number of anilines is 1. The summed E-state index contributed by atoms with van der Waals surface area (Å²) in [6.07, 6.45) is 3.18. The van der Waals surface area contributed by atoms with Gasteiger partial charge in [-0.2, -0.15) is 0 Å². The number of piperidine rings is 1. The Balaban J connectivity index is 1.48. The van der Waals surface area contributed by atoms with Gasteiger partial charge < -0.3 is 20.9 Å². The molecule has 3 aromatic rings. The average Bonchev–Trinajstić information content (AvgIpc) is 3.35. The van der Waals surface area contributed by atoms with Gasteiger partial charge in [-0.3, -0.25) is 9.59 Å². The fraction of sp³-hybridized carbons (Fsp3) is 0.286. The lowest BCUT2D eigenvalue weighted by atomic mass is 10.0. The van der Waals surface area contributed by atoms with Crippen LogP contribution in [0.4, 0.5) is 5.69 Å². The molecular weight excluding hydrogens is 559 g/mol. The number of likely N-dealkylation sites (tertiary alicyclic amines) is 1. The summed E-state index contributed by atoms with van der Waals surface area (Å²) in [5.74, 6) is -0.814. The van der Waals surface area contributed by atoms with Gasteiger partial charge in [0.1, 0.15) is 0 Å². The monoisotopic (exact) mass is 586 g/mol. The first-order chi connectivity index (χ1) is 18.5. The minimum absolute atomic E-state index is 0.0400. The van der Waals surface area contributed by atoms with E-state index < -0.39 is 9.84 Å². The third-order valence-corrected chi connectivity index (χ3v) is 9.68. The molecule has 1 fully saturated rings. The van der Waals surface area contributed by atoms with Crippen LogP contribution < -0.4 is 11.1 Å². The van der Waals surface area contributed by atoms with Crippen molar-refractivity contribution < 1.29 is 18.0 Å². The first kappa shape index (κ1) is 27.5. The Morgan fingerprint density at radius 1 is 1.13 bits per heavy atom. The third kappa shape index (κ3) is 5.24. The summed E-state index contributed by atoms with van der Waals surface area (Å²) in [6, 6.07) is 9.43. The zero-order valence-corrected chi connectivity index (χ0v) is 23.8. The number of aromatic nitrogens is 1. The number of nitrogens with zero attached hydrogens (tertiary/aromatic N) is 1. The highest BCUT2D eigenvalue weighted by Gasteiger charge is 2.30. The number of amides is 2. The van der Waals surface area contributed by atoms with Crippen molar-refractivity contribution in [1.29, 1.82) is 0 Å². The number of sulfone groups is 1. The number of rotatable bonds is 5. The van der Waals surface area contributed by atoms with E-state index in [0.29, 0.717) is 52.4 Å². The topological polar surface area (TPSA) is 125 Å². The van der Waals surface area contributed by atoms with Crippen LogP contribution in [0, 0.1) is 13.8 Å². The van der Waals surface area contributed by atoms with Crippen LogP contribution in [0.5, 0.6) is 0 Å². The summed E-state index contributed by atoms with van der Waals surface area (Å²) >= 11 is 12.4. The van der Waals surface area contributed by atoms with E-state index in [1.54, 1.807) is 30.3 Å². The van der Waals surface area contributed by atoms with E-state index in [4.69, 9.17) is 28.9 Å². The molecule has 0 bridgehead atoms. The molecule has 5 rings (SSSR count). The van der Waals surface area contributed by atoms with Crippen molar-refractivity contribution in [2.75, 3.05) is 18.4 Å². The molecule has 0 saturated carbocycles. The summed E-state index contributed by atoms with van der Waals surface area (Å²) < 4.78 is 26.6. The molecule has 0 atom stereocenters. The lowest BCUT2D eigenvalue weighted by Gasteiger charge is -2.30. The van der Waals surface area contributed by atoms with Crippen LogP contribution in [0.1, 0.15) is 51.3 Å². The lowest BCUT2D eigenvalue weighted by molar-refractivity contribution is -0.110. The Morgan fingerprint density at radius 2 is 1.79 bits per heavy atom. The maximum absolute atomic E-state index is 13.3. The third-order valence-electron chi connectivity index (χ3n) is 7.33. The number of fused-ring (bicyclic) bond motifs is 1. The van der Waals surface area contributed by atoms with E-state index in [1.807, 2.05) is 18.7 Å². The molecule has 1 saturated heterocycles. The van der Waals surface area contributed by atoms with Gasteiger partial charge in [-0.05, 0) is 68.7 Å². The van der Waals surface area contributed by atoms with Gasteiger partial charge in [-0.1, -0.05) is 29.3 Å². The van der Waals surface area contributed by atoms with Crippen molar-refractivity contribution in [1.82, 2.24) is 9.88 Å². The number of halogens is 2. The maximum Gasteiger partial charge on any atom is 0.256 e. The molecule has 1 aromatic heterocycles. The minimum Gasteiger partial charge on any atom is -0.358 e. The second-order valence-corrected chi connectivity index (χ2v) is 12.8. The molecular formula is C28H28Cl2N4O4S. The fourth-order valence-corrected chi connectivity index (χ4v) is 7.21. The van der Waals surface area contributed by atoms with E-state index in [1.165, 1.54) is 12.1 Å². The predicted molar refractivity (Wildman–Crippen MR) is 154 cm³/mol. The number of aromatic amines is 1. The van der Waals surface area contributed by atoms with Crippen molar-refractivity contribution in [3.05, 3.63) is 80.1 Å². The predicted octanol–water partition coefficient (Wildman–Crippen LogP) is 4.97. The van der Waals surface area contributed by atoms with Gasteiger partial charge in [0.2, 0.25) is 0 Å². The van der Waals surface area contributed by atoms with Gasteiger partial charge >= 0.3 is 0 Å². The van der Waals surface area contributed by atoms with Crippen LogP contribution in [0.25, 0.3) is 11.6 Å². The normalized spacial score (nSPS) is 17.0. The highest BCUT2D eigenvalue weighted by Crippen LogP contribution is 2.37. The van der Waals surface area contributed by atoms with Crippen molar-refractivity contribution in [3.8, 4) is 0 Å². The van der Waals surface area contributed by atoms with Crippen LogP contribution in [0.15, 0.2) is 41.3 Å². The molecule has 2 amide bonds. The Morgan fingerprint density at radius 3 is 2.46 bits per heavy atom. The second kappa shape index (κ2) is 10.5. The summed E-state index contributed by atoms with van der Waals surface area (Å²) in [5, 5.41) is 3.32. The Hall–Kier alpha value is -3.11. The number of nitrogens with one attached hydrogen (secondary N) is 2. The van der Waals surface area contributed by atoms with Gasteiger partial charge in [0.15, 0.2) is 9.84 Å². The molecule has 204 valence electrons. The first-order valence-electron chi connectivity index (χ1n) is 12.5. The van der Waals surface area contributed by atoms with Gasteiger partial charge in [0.25, 0.3) is 11.8 Å². The molecule has 3 heterocycles. The minimum atomic E-state index is -3.83. The quantitative estimate of drug-likeness (QED) is 0.364. The number of carbonyl (C=O) groups is 2. The molecule has 0 unspecified atom stereocenters. The highest BCUT2D eigenvalue weighted by molar-refractivity contribution is 7.90. The summed E-state index contributed by atoms with van der Waals surface area (Å²) in [5.41, 5.74) is 10.2. The largest absolute Gasteiger partial charge is 0.358 e. The van der Waals surface area contributed by atoms with E-state index in [2.05, 4.69) is 10.3 Å². The number of H-pyrrole nitrogens is 1. The number of aryl methyl sites for hydroxylation is 1. The maximum atomic E-state index is 13.3. The fourth-order valence-electron chi connectivity index (χ4n) is 5.09. The first-order valence-corrected chi connectivity index (χ1v) is 14.9. The van der Waals surface area contributed by atoms with Crippen molar-refractivity contribution in [3.63, 3.8) is 0 Å². The molecule has 0 aliphatic carbocycles. The van der Waals surface area contributed by atoms with Gasteiger partial charge in [0, 0.05) is 57.4 Å². The van der Waals surface area contributed by atoms with Gasteiger partial charge in [-0.15, -0.1) is 0 Å². The summed E-state index contributed by atoms with van der Waals surface area (Å²) in [7, 11) is -3.83. The SMILES string of the molecule is Cc1[nH]c(/C=C2\C(=O)Nc3ccc(S(=O)(=O)Cc4c(Cl)cccc4Cl)cc32)c(C)c1C(=O)N1CCC(N)CC1. The number of benzene rings is 2. The van der Waals surface area contributed by atoms with Crippen molar-refractivity contribution in [2.45, 2.75) is 43.4 Å². The van der Waals surface area contributed by atoms with E-state index >= 15 is 0 Å². The molecule has 2 aliphatic heterocycles. The number of hydrogen-bond acceptors (Lipinski definition) is 5. The Labute approximate surface area is 237 Å². The molecule has 4 N–H and O–H groups in total. The number of nitrogens with two attached hydrogens (primary N) is 1. The highest BCUT2D eigenvalue weighted by atomic mass is 35.5. The van der Waals surface area contributed by atoms with Gasteiger partial charge in [-0.25, -0.2) is 8.42 Å². The molecule has 39 heavy (non-hydrogen) atoms. The van der Waals surface area contributed by atoms with Crippen LogP contribution in [-0.2, 0) is 20.4 Å². The van der Waals surface area contributed by atoms with Crippen LogP contribution in [0.3, 0.4) is 0 Å². The summed E-state index contributed by atoms with van der Waals surface area (Å²) in [4.78, 5) is 31.3. The summed E-state index contributed by atoms with van der Waals surface area (Å²) in [6.45, 7) is 4.87. The molecule has 2 aromatic carbocycles. The molecule has 2 aliphatic rings. The molecule has 0 spiro atoms. The molecule has 0 radical (unpaired) electrons. The Kier molecular flexibility index (Phi) is 7.37. The standard InChI is InChI=1S/C28H28Cl2N4O4S/c1-15-25(32-16(2)26(15)28(36)34-10-8-17(31)9-11-34)13-20-19-12-18(6-7-24(19)33-27(20)35)39(37,38)14-21-22(29)4-3-5-23(21)30/h3-7,12-13,17,32H,8-11,14,31H2,1-2H3,(H,33,35)/b20-13-. The van der Waals surface area contributed by atoms with Crippen LogP contribution in [0.2, 0.25) is 10.0 Å². The lowest BCUT2D eigenvalue weighted by Crippen LogP contribution is -2.43. The zero-order chi connectivity index (χ0) is 28.1. The van der Waals surface area contributed by atoms with E-state index in [-0.39, 0.29) is 38.5 Å². The average molecular weight is 588 g/mol. The van der Waals surface area contributed by atoms with Crippen LogP contribution in [-0.4, -0.2) is 49.2 Å². The van der Waals surface area contributed by atoms with E-state index in [9.17, 15) is 18.0 Å².